The third-order valence-corrected chi connectivity index (χ3v) is 5.65. The summed E-state index contributed by atoms with van der Waals surface area (Å²) in [6, 6.07) is 11.0. The van der Waals surface area contributed by atoms with Crippen LogP contribution >= 0.6 is 23.4 Å². The Kier molecular flexibility index (Phi) is 8.08. The Hall–Kier alpha value is -2.84. The standard InChI is InChI=1S/C22H22ClFN4O2S/c1-2-3-10-25-21(30)15-4-7-17(8-5-15)28-12-11-26-22(28)31-14-20(29)27-19-9-6-16(24)13-18(19)23/h4-9,11-13H,2-3,10,14H2,1H3,(H,25,30)(H,27,29). The smallest absolute Gasteiger partial charge is 0.251 e. The quantitative estimate of drug-likeness (QED) is 0.351. The van der Waals surface area contributed by atoms with Crippen LogP contribution in [0.15, 0.2) is 60.0 Å². The first-order valence-electron chi connectivity index (χ1n) is 9.77. The van der Waals surface area contributed by atoms with Crippen molar-refractivity contribution in [2.75, 3.05) is 17.6 Å². The van der Waals surface area contributed by atoms with Gasteiger partial charge in [-0.1, -0.05) is 36.7 Å². The van der Waals surface area contributed by atoms with E-state index in [1.54, 1.807) is 24.5 Å². The molecule has 0 aliphatic carbocycles. The Balaban J connectivity index is 1.60. The van der Waals surface area contributed by atoms with Gasteiger partial charge in [0.05, 0.1) is 16.5 Å². The van der Waals surface area contributed by atoms with E-state index >= 15 is 0 Å². The Morgan fingerprint density at radius 2 is 1.97 bits per heavy atom. The largest absolute Gasteiger partial charge is 0.352 e. The number of thioether (sulfide) groups is 1. The number of aromatic nitrogens is 2. The van der Waals surface area contributed by atoms with Crippen LogP contribution in [0.5, 0.6) is 0 Å². The van der Waals surface area contributed by atoms with Crippen molar-refractivity contribution >= 4 is 40.9 Å². The minimum absolute atomic E-state index is 0.0998. The number of benzene rings is 2. The number of hydrogen-bond acceptors (Lipinski definition) is 4. The van der Waals surface area contributed by atoms with Gasteiger partial charge in [-0.15, -0.1) is 0 Å². The van der Waals surface area contributed by atoms with E-state index in [1.165, 1.54) is 23.9 Å². The molecule has 0 unspecified atom stereocenters. The highest BCUT2D eigenvalue weighted by Crippen LogP contribution is 2.24. The zero-order chi connectivity index (χ0) is 22.2. The summed E-state index contributed by atoms with van der Waals surface area (Å²) in [5, 5.41) is 6.31. The molecule has 0 fully saturated rings. The van der Waals surface area contributed by atoms with Crippen LogP contribution in [-0.2, 0) is 4.79 Å². The van der Waals surface area contributed by atoms with Crippen molar-refractivity contribution in [2.45, 2.75) is 24.9 Å². The van der Waals surface area contributed by atoms with Crippen LogP contribution in [0.25, 0.3) is 5.69 Å². The Bertz CT molecular complexity index is 1060. The summed E-state index contributed by atoms with van der Waals surface area (Å²) in [6.07, 6.45) is 5.39. The fourth-order valence-corrected chi connectivity index (χ4v) is 3.74. The number of rotatable bonds is 9. The summed E-state index contributed by atoms with van der Waals surface area (Å²) in [4.78, 5) is 28.7. The molecule has 0 aliphatic heterocycles. The predicted octanol–water partition coefficient (Wildman–Crippen LogP) is 4.93. The second kappa shape index (κ2) is 11.0. The number of unbranched alkanes of at least 4 members (excludes halogenated alkanes) is 1. The van der Waals surface area contributed by atoms with Gasteiger partial charge in [-0.3, -0.25) is 14.2 Å². The molecule has 0 radical (unpaired) electrons. The Morgan fingerprint density at radius 3 is 2.68 bits per heavy atom. The lowest BCUT2D eigenvalue weighted by molar-refractivity contribution is -0.113. The average Bonchev–Trinajstić information content (AvgIpc) is 3.23. The average molecular weight is 461 g/mol. The maximum Gasteiger partial charge on any atom is 0.251 e. The number of hydrogen-bond donors (Lipinski definition) is 2. The topological polar surface area (TPSA) is 76.0 Å². The van der Waals surface area contributed by atoms with Crippen molar-refractivity contribution in [1.29, 1.82) is 0 Å². The van der Waals surface area contributed by atoms with E-state index in [0.29, 0.717) is 23.0 Å². The van der Waals surface area contributed by atoms with Gasteiger partial charge in [0, 0.05) is 30.2 Å². The fourth-order valence-electron chi connectivity index (χ4n) is 2.75. The van der Waals surface area contributed by atoms with Crippen molar-refractivity contribution < 1.29 is 14.0 Å². The molecule has 0 saturated heterocycles. The monoisotopic (exact) mass is 460 g/mol. The second-order valence-corrected chi connectivity index (χ2v) is 8.05. The van der Waals surface area contributed by atoms with Gasteiger partial charge >= 0.3 is 0 Å². The molecule has 2 aromatic carbocycles. The van der Waals surface area contributed by atoms with Crippen molar-refractivity contribution in [3.63, 3.8) is 0 Å². The lowest BCUT2D eigenvalue weighted by Gasteiger charge is -2.10. The lowest BCUT2D eigenvalue weighted by atomic mass is 10.2. The molecular formula is C22H22ClFN4O2S. The molecule has 2 amide bonds. The van der Waals surface area contributed by atoms with Crippen LogP contribution < -0.4 is 10.6 Å². The first-order valence-corrected chi connectivity index (χ1v) is 11.1. The van der Waals surface area contributed by atoms with Crippen molar-refractivity contribution in [3.05, 3.63) is 71.3 Å². The molecule has 0 saturated carbocycles. The number of carbonyl (C=O) groups is 2. The van der Waals surface area contributed by atoms with Crippen molar-refractivity contribution in [3.8, 4) is 5.69 Å². The van der Waals surface area contributed by atoms with Crippen LogP contribution in [0.4, 0.5) is 10.1 Å². The van der Waals surface area contributed by atoms with Gasteiger partial charge in [0.25, 0.3) is 5.91 Å². The van der Waals surface area contributed by atoms with Crippen LogP contribution in [0.3, 0.4) is 0 Å². The molecule has 6 nitrogen and oxygen atoms in total. The molecule has 3 rings (SSSR count). The maximum absolute atomic E-state index is 13.1. The SMILES string of the molecule is CCCCNC(=O)c1ccc(-n2ccnc2SCC(=O)Nc2ccc(F)cc2Cl)cc1. The summed E-state index contributed by atoms with van der Waals surface area (Å²) in [5.74, 6) is -0.754. The molecular weight excluding hydrogens is 439 g/mol. The minimum atomic E-state index is -0.469. The number of carbonyl (C=O) groups excluding carboxylic acids is 2. The van der Waals surface area contributed by atoms with Gasteiger partial charge in [-0.05, 0) is 48.9 Å². The molecule has 3 aromatic rings. The van der Waals surface area contributed by atoms with Gasteiger partial charge in [0.2, 0.25) is 5.91 Å². The summed E-state index contributed by atoms with van der Waals surface area (Å²) >= 11 is 7.19. The molecule has 2 N–H and O–H groups in total. The van der Waals surface area contributed by atoms with E-state index in [4.69, 9.17) is 11.6 Å². The summed E-state index contributed by atoms with van der Waals surface area (Å²) in [5.41, 5.74) is 1.77. The maximum atomic E-state index is 13.1. The van der Waals surface area contributed by atoms with Gasteiger partial charge in [0.1, 0.15) is 5.82 Å². The van der Waals surface area contributed by atoms with Crippen molar-refractivity contribution in [2.24, 2.45) is 0 Å². The molecule has 1 heterocycles. The number of imidazole rings is 1. The van der Waals surface area contributed by atoms with Crippen LogP contribution in [0.2, 0.25) is 5.02 Å². The van der Waals surface area contributed by atoms with E-state index in [2.05, 4.69) is 22.5 Å². The number of nitrogens with one attached hydrogen (secondary N) is 2. The third kappa shape index (κ3) is 6.32. The number of amides is 2. The molecule has 9 heteroatoms. The van der Waals surface area contributed by atoms with E-state index in [1.807, 2.05) is 16.7 Å². The van der Waals surface area contributed by atoms with E-state index in [9.17, 15) is 14.0 Å². The molecule has 0 spiro atoms. The molecule has 0 bridgehead atoms. The minimum Gasteiger partial charge on any atom is -0.352 e. The molecule has 1 aromatic heterocycles. The van der Waals surface area contributed by atoms with E-state index < -0.39 is 5.82 Å². The fraction of sp³-hybridized carbons (Fsp3) is 0.227. The van der Waals surface area contributed by atoms with Gasteiger partial charge in [-0.2, -0.15) is 0 Å². The number of halogens is 2. The molecule has 0 atom stereocenters. The Morgan fingerprint density at radius 1 is 1.19 bits per heavy atom. The van der Waals surface area contributed by atoms with Crippen LogP contribution in [-0.4, -0.2) is 33.7 Å². The first-order chi connectivity index (χ1) is 15.0. The predicted molar refractivity (Wildman–Crippen MR) is 122 cm³/mol. The summed E-state index contributed by atoms with van der Waals surface area (Å²) in [6.45, 7) is 2.73. The third-order valence-electron chi connectivity index (χ3n) is 4.37. The van der Waals surface area contributed by atoms with Gasteiger partial charge < -0.3 is 10.6 Å². The number of nitrogens with zero attached hydrogens (tertiary/aromatic N) is 2. The number of anilines is 1. The van der Waals surface area contributed by atoms with E-state index in [-0.39, 0.29) is 22.6 Å². The van der Waals surface area contributed by atoms with Crippen LogP contribution in [0.1, 0.15) is 30.1 Å². The second-order valence-electron chi connectivity index (χ2n) is 6.70. The highest BCUT2D eigenvalue weighted by atomic mass is 35.5. The van der Waals surface area contributed by atoms with E-state index in [0.717, 1.165) is 24.6 Å². The molecule has 162 valence electrons. The zero-order valence-electron chi connectivity index (χ0n) is 16.9. The lowest BCUT2D eigenvalue weighted by Crippen LogP contribution is -2.24. The van der Waals surface area contributed by atoms with Gasteiger partial charge in [-0.25, -0.2) is 9.37 Å². The van der Waals surface area contributed by atoms with Crippen molar-refractivity contribution in [1.82, 2.24) is 14.9 Å². The summed E-state index contributed by atoms with van der Waals surface area (Å²) < 4.78 is 15.0. The van der Waals surface area contributed by atoms with Gasteiger partial charge in [0.15, 0.2) is 5.16 Å². The zero-order valence-corrected chi connectivity index (χ0v) is 18.5. The normalized spacial score (nSPS) is 10.7. The molecule has 31 heavy (non-hydrogen) atoms. The Labute approximate surface area is 189 Å². The summed E-state index contributed by atoms with van der Waals surface area (Å²) in [7, 11) is 0. The first kappa shape index (κ1) is 22.8. The highest BCUT2D eigenvalue weighted by molar-refractivity contribution is 7.99. The molecule has 0 aliphatic rings. The highest BCUT2D eigenvalue weighted by Gasteiger charge is 2.12. The van der Waals surface area contributed by atoms with Crippen LogP contribution in [0, 0.1) is 5.82 Å².